The summed E-state index contributed by atoms with van der Waals surface area (Å²) >= 11 is 1.98. The Hall–Kier alpha value is -1.03. The van der Waals surface area contributed by atoms with Crippen LogP contribution in [0.5, 0.6) is 0 Å². The average molecular weight is 464 g/mol. The molecule has 0 aromatic heterocycles. The Morgan fingerprint density at radius 3 is 2.88 bits per heavy atom. The van der Waals surface area contributed by atoms with E-state index in [1.54, 1.807) is 12.1 Å². The van der Waals surface area contributed by atoms with Gasteiger partial charge in [-0.05, 0) is 26.3 Å². The Morgan fingerprint density at radius 1 is 1.50 bits per heavy atom. The quantitative estimate of drug-likeness (QED) is 0.243. The highest BCUT2D eigenvalue weighted by Gasteiger charge is 2.28. The molecule has 24 heavy (non-hydrogen) atoms. The number of nitro benzene ring substituents is 1. The molecule has 1 N–H and O–H groups in total. The number of guanidine groups is 1. The number of nitrogens with zero attached hydrogens (tertiary/aromatic N) is 3. The lowest BCUT2D eigenvalue weighted by atomic mass is 10.2. The van der Waals surface area contributed by atoms with Crippen LogP contribution in [0, 0.1) is 10.1 Å². The maximum Gasteiger partial charge on any atom is 0.269 e. The molecule has 1 aliphatic rings. The van der Waals surface area contributed by atoms with Gasteiger partial charge in [-0.15, -0.1) is 24.0 Å². The molecular formula is C16H25IN4O2S. The number of nitro groups is 1. The fourth-order valence-electron chi connectivity index (χ4n) is 2.56. The van der Waals surface area contributed by atoms with Gasteiger partial charge in [0.05, 0.1) is 11.5 Å². The van der Waals surface area contributed by atoms with Crippen molar-refractivity contribution in [1.82, 2.24) is 10.2 Å². The number of hydrogen-bond donors (Lipinski definition) is 1. The summed E-state index contributed by atoms with van der Waals surface area (Å²) in [4.78, 5) is 17.4. The second-order valence-electron chi connectivity index (χ2n) is 6.13. The summed E-state index contributed by atoms with van der Waals surface area (Å²) in [5, 5.41) is 14.2. The molecule has 1 saturated heterocycles. The topological polar surface area (TPSA) is 70.8 Å². The number of benzene rings is 1. The minimum atomic E-state index is -0.372. The maximum absolute atomic E-state index is 10.9. The maximum atomic E-state index is 10.9. The van der Waals surface area contributed by atoms with E-state index in [4.69, 9.17) is 0 Å². The monoisotopic (exact) mass is 464 g/mol. The molecule has 1 fully saturated rings. The van der Waals surface area contributed by atoms with E-state index < -0.39 is 0 Å². The fourth-order valence-corrected chi connectivity index (χ4v) is 3.67. The van der Waals surface area contributed by atoms with Crippen molar-refractivity contribution in [3.63, 3.8) is 0 Å². The van der Waals surface area contributed by atoms with Crippen LogP contribution < -0.4 is 5.32 Å². The largest absolute Gasteiger partial charge is 0.357 e. The molecule has 6 nitrogen and oxygen atoms in total. The van der Waals surface area contributed by atoms with Gasteiger partial charge in [-0.25, -0.2) is 4.99 Å². The van der Waals surface area contributed by atoms with Crippen molar-refractivity contribution in [2.75, 3.05) is 25.4 Å². The molecular weight excluding hydrogens is 439 g/mol. The third-order valence-electron chi connectivity index (χ3n) is 3.59. The molecule has 0 atom stereocenters. The van der Waals surface area contributed by atoms with Crippen LogP contribution in [0.15, 0.2) is 29.3 Å². The van der Waals surface area contributed by atoms with Gasteiger partial charge in [0.2, 0.25) is 0 Å². The molecule has 1 aliphatic heterocycles. The lowest BCUT2D eigenvalue weighted by Crippen LogP contribution is -2.50. The zero-order valence-corrected chi connectivity index (χ0v) is 17.5. The number of non-ortho nitro benzene ring substituents is 1. The molecule has 134 valence electrons. The number of aliphatic imine (C=N–C) groups is 1. The minimum absolute atomic E-state index is 0. The molecule has 0 radical (unpaired) electrons. The second-order valence-corrected chi connectivity index (χ2v) is 7.93. The summed E-state index contributed by atoms with van der Waals surface area (Å²) in [5.74, 6) is 1.96. The van der Waals surface area contributed by atoms with Crippen LogP contribution in [0.3, 0.4) is 0 Å². The van der Waals surface area contributed by atoms with Crippen molar-refractivity contribution >= 4 is 47.4 Å². The van der Waals surface area contributed by atoms with Gasteiger partial charge < -0.3 is 10.2 Å². The predicted molar refractivity (Wildman–Crippen MR) is 111 cm³/mol. The number of rotatable bonds is 4. The van der Waals surface area contributed by atoms with E-state index in [2.05, 4.69) is 29.1 Å². The molecule has 1 aromatic rings. The third kappa shape index (κ3) is 6.12. The van der Waals surface area contributed by atoms with E-state index >= 15 is 0 Å². The molecule has 8 heteroatoms. The van der Waals surface area contributed by atoms with E-state index in [9.17, 15) is 10.1 Å². The van der Waals surface area contributed by atoms with E-state index in [1.165, 1.54) is 6.07 Å². The van der Waals surface area contributed by atoms with E-state index in [0.29, 0.717) is 6.54 Å². The van der Waals surface area contributed by atoms with Crippen molar-refractivity contribution in [2.24, 2.45) is 4.99 Å². The van der Waals surface area contributed by atoms with E-state index in [-0.39, 0.29) is 39.3 Å². The first-order valence-electron chi connectivity index (χ1n) is 7.82. The van der Waals surface area contributed by atoms with E-state index in [1.807, 2.05) is 24.8 Å². The molecule has 0 spiro atoms. The molecule has 1 aromatic carbocycles. The first-order chi connectivity index (χ1) is 10.9. The van der Waals surface area contributed by atoms with Crippen LogP contribution in [0.25, 0.3) is 0 Å². The van der Waals surface area contributed by atoms with Crippen LogP contribution in [-0.4, -0.2) is 45.9 Å². The van der Waals surface area contributed by atoms with Crippen molar-refractivity contribution in [3.05, 3.63) is 39.9 Å². The summed E-state index contributed by atoms with van der Waals surface area (Å²) < 4.78 is 0.208. The second kappa shape index (κ2) is 9.45. The van der Waals surface area contributed by atoms with Crippen LogP contribution in [0.2, 0.25) is 0 Å². The Balaban J connectivity index is 0.00000288. The average Bonchev–Trinajstić information content (AvgIpc) is 2.50. The number of nitrogens with one attached hydrogen (secondary N) is 1. The van der Waals surface area contributed by atoms with Crippen molar-refractivity contribution in [1.29, 1.82) is 0 Å². The standard InChI is InChI=1S/C16H24N4O2S.HI/c1-4-17-15(19-8-9-23-16(2,3)12-19)18-11-13-6-5-7-14(10-13)20(21)22;/h5-7,10H,4,8-9,11-12H2,1-3H3,(H,17,18);1H. The summed E-state index contributed by atoms with van der Waals surface area (Å²) in [6.07, 6.45) is 0. The number of halogens is 1. The van der Waals surface area contributed by atoms with Gasteiger partial charge in [0.25, 0.3) is 5.69 Å². The van der Waals surface area contributed by atoms with Gasteiger partial charge in [0.15, 0.2) is 5.96 Å². The Bertz CT molecular complexity index is 595. The predicted octanol–water partition coefficient (Wildman–Crippen LogP) is 3.51. The molecule has 0 bridgehead atoms. The Labute approximate surface area is 164 Å². The SMILES string of the molecule is CCNC(=NCc1cccc([N+](=O)[O-])c1)N1CCSC(C)(C)C1.I. The van der Waals surface area contributed by atoms with Crippen molar-refractivity contribution in [3.8, 4) is 0 Å². The van der Waals surface area contributed by atoms with Gasteiger partial charge in [0.1, 0.15) is 0 Å². The molecule has 0 unspecified atom stereocenters. The van der Waals surface area contributed by atoms with Gasteiger partial charge in [-0.2, -0.15) is 11.8 Å². The molecule has 0 aliphatic carbocycles. The normalized spacial score (nSPS) is 17.1. The Kier molecular flexibility index (Phi) is 8.28. The lowest BCUT2D eigenvalue weighted by Gasteiger charge is -2.39. The molecule has 2 rings (SSSR count). The highest BCUT2D eigenvalue weighted by Crippen LogP contribution is 2.29. The van der Waals surface area contributed by atoms with Gasteiger partial charge >= 0.3 is 0 Å². The van der Waals surface area contributed by atoms with Crippen molar-refractivity contribution in [2.45, 2.75) is 32.1 Å². The molecule has 0 amide bonds. The summed E-state index contributed by atoms with van der Waals surface area (Å²) in [6, 6.07) is 6.67. The van der Waals surface area contributed by atoms with Gasteiger partial charge in [0, 0.05) is 42.3 Å². The highest BCUT2D eigenvalue weighted by molar-refractivity contribution is 14.0. The first-order valence-corrected chi connectivity index (χ1v) is 8.80. The first kappa shape index (κ1) is 21.0. The molecule has 1 heterocycles. The van der Waals surface area contributed by atoms with Crippen LogP contribution in [-0.2, 0) is 6.54 Å². The van der Waals surface area contributed by atoms with Crippen molar-refractivity contribution < 1.29 is 4.92 Å². The summed E-state index contributed by atoms with van der Waals surface area (Å²) in [5.41, 5.74) is 0.957. The van der Waals surface area contributed by atoms with E-state index in [0.717, 1.165) is 36.9 Å². The highest BCUT2D eigenvalue weighted by atomic mass is 127. The smallest absolute Gasteiger partial charge is 0.269 e. The Morgan fingerprint density at radius 2 is 2.25 bits per heavy atom. The third-order valence-corrected chi connectivity index (χ3v) is 4.89. The number of hydrogen-bond acceptors (Lipinski definition) is 4. The zero-order valence-electron chi connectivity index (χ0n) is 14.3. The zero-order chi connectivity index (χ0) is 16.9. The van der Waals surface area contributed by atoms with Gasteiger partial charge in [-0.3, -0.25) is 10.1 Å². The molecule has 0 saturated carbocycles. The van der Waals surface area contributed by atoms with Crippen LogP contribution in [0.4, 0.5) is 5.69 Å². The van der Waals surface area contributed by atoms with Gasteiger partial charge in [-0.1, -0.05) is 12.1 Å². The minimum Gasteiger partial charge on any atom is -0.357 e. The lowest BCUT2D eigenvalue weighted by molar-refractivity contribution is -0.384. The fraction of sp³-hybridized carbons (Fsp3) is 0.562. The van der Waals surface area contributed by atoms with Crippen LogP contribution >= 0.6 is 35.7 Å². The number of thioether (sulfide) groups is 1. The summed E-state index contributed by atoms with van der Waals surface area (Å²) in [7, 11) is 0. The van der Waals surface area contributed by atoms with Crippen LogP contribution in [0.1, 0.15) is 26.3 Å². The summed E-state index contributed by atoms with van der Waals surface area (Å²) in [6.45, 7) is 9.69.